The van der Waals surface area contributed by atoms with E-state index in [0.29, 0.717) is 11.6 Å². The van der Waals surface area contributed by atoms with Gasteiger partial charge in [0.2, 0.25) is 0 Å². The number of halogens is 1. The lowest BCUT2D eigenvalue weighted by atomic mass is 10.1. The van der Waals surface area contributed by atoms with Crippen LogP contribution >= 0.6 is 11.8 Å². The molecule has 1 unspecified atom stereocenters. The highest BCUT2D eigenvalue weighted by molar-refractivity contribution is 7.98. The summed E-state index contributed by atoms with van der Waals surface area (Å²) in [6, 6.07) is 5.43. The summed E-state index contributed by atoms with van der Waals surface area (Å²) in [5, 5.41) is 0. The molecule has 1 aromatic carbocycles. The molecule has 20 heavy (non-hydrogen) atoms. The van der Waals surface area contributed by atoms with Crippen LogP contribution < -0.4 is 5.73 Å². The van der Waals surface area contributed by atoms with Gasteiger partial charge in [-0.15, -0.1) is 0 Å². The van der Waals surface area contributed by atoms with E-state index in [4.69, 9.17) is 5.73 Å². The first-order valence-corrected chi connectivity index (χ1v) is 8.13. The Morgan fingerprint density at radius 3 is 2.80 bits per heavy atom. The normalized spacial score (nSPS) is 12.1. The predicted octanol–water partition coefficient (Wildman–Crippen LogP) is 2.71. The molecule has 110 valence electrons. The maximum atomic E-state index is 13.6. The van der Waals surface area contributed by atoms with E-state index in [9.17, 15) is 4.39 Å². The van der Waals surface area contributed by atoms with Crippen molar-refractivity contribution in [2.45, 2.75) is 25.9 Å². The maximum Gasteiger partial charge on any atom is 0.124 e. The quantitative estimate of drug-likeness (QED) is 0.818. The van der Waals surface area contributed by atoms with Crippen LogP contribution in [0.5, 0.6) is 0 Å². The zero-order chi connectivity index (χ0) is 15.0. The molecular weight excluding hydrogens is 271 g/mol. The van der Waals surface area contributed by atoms with Gasteiger partial charge in [-0.3, -0.25) is 4.90 Å². The summed E-state index contributed by atoms with van der Waals surface area (Å²) in [5.74, 6) is 6.54. The third-order valence-corrected chi connectivity index (χ3v) is 3.86. The van der Waals surface area contributed by atoms with Gasteiger partial charge in [0, 0.05) is 18.2 Å². The van der Waals surface area contributed by atoms with Crippen molar-refractivity contribution < 1.29 is 4.39 Å². The van der Waals surface area contributed by atoms with Gasteiger partial charge in [0.15, 0.2) is 0 Å². The van der Waals surface area contributed by atoms with Gasteiger partial charge in [-0.1, -0.05) is 11.8 Å². The van der Waals surface area contributed by atoms with Gasteiger partial charge >= 0.3 is 0 Å². The molecule has 0 aliphatic carbocycles. The van der Waals surface area contributed by atoms with E-state index in [2.05, 4.69) is 37.0 Å². The highest BCUT2D eigenvalue weighted by Crippen LogP contribution is 2.14. The molecule has 4 heteroatoms. The summed E-state index contributed by atoms with van der Waals surface area (Å²) in [6.07, 6.45) is 3.24. The molecule has 0 spiro atoms. The second-order valence-electron chi connectivity index (χ2n) is 4.90. The fourth-order valence-electron chi connectivity index (χ4n) is 1.92. The Kier molecular flexibility index (Phi) is 7.68. The Hall–Kier alpha value is -1.02. The summed E-state index contributed by atoms with van der Waals surface area (Å²) < 4.78 is 13.6. The molecular formula is C16H23FN2S. The minimum Gasteiger partial charge on any atom is -0.320 e. The van der Waals surface area contributed by atoms with Crippen LogP contribution in [0, 0.1) is 17.7 Å². The first kappa shape index (κ1) is 17.0. The fourth-order valence-corrected chi connectivity index (χ4v) is 2.50. The zero-order valence-electron chi connectivity index (χ0n) is 12.4. The molecule has 2 nitrogen and oxygen atoms in total. The van der Waals surface area contributed by atoms with Crippen molar-refractivity contribution in [1.29, 1.82) is 0 Å². The van der Waals surface area contributed by atoms with Crippen LogP contribution in [0.15, 0.2) is 18.2 Å². The van der Waals surface area contributed by atoms with Crippen molar-refractivity contribution >= 4 is 11.8 Å². The van der Waals surface area contributed by atoms with Crippen LogP contribution in [0.2, 0.25) is 0 Å². The van der Waals surface area contributed by atoms with E-state index in [1.54, 1.807) is 6.07 Å². The molecule has 0 radical (unpaired) electrons. The zero-order valence-corrected chi connectivity index (χ0v) is 13.3. The van der Waals surface area contributed by atoms with E-state index in [1.807, 2.05) is 17.8 Å². The van der Waals surface area contributed by atoms with Crippen LogP contribution in [-0.2, 0) is 6.54 Å². The van der Waals surface area contributed by atoms with Gasteiger partial charge in [-0.25, -0.2) is 4.39 Å². The lowest BCUT2D eigenvalue weighted by Gasteiger charge is -2.24. The topological polar surface area (TPSA) is 29.3 Å². The predicted molar refractivity (Wildman–Crippen MR) is 86.3 cm³/mol. The average molecular weight is 294 g/mol. The highest BCUT2D eigenvalue weighted by Gasteiger charge is 2.10. The average Bonchev–Trinajstić information content (AvgIpc) is 2.41. The second-order valence-corrected chi connectivity index (χ2v) is 5.89. The molecule has 0 amide bonds. The van der Waals surface area contributed by atoms with Crippen LogP contribution in [0.4, 0.5) is 4.39 Å². The number of nitrogens with two attached hydrogens (primary N) is 1. The van der Waals surface area contributed by atoms with Crippen molar-refractivity contribution in [2.24, 2.45) is 5.73 Å². The molecule has 0 heterocycles. The van der Waals surface area contributed by atoms with Crippen LogP contribution in [0.25, 0.3) is 0 Å². The first-order chi connectivity index (χ1) is 9.56. The summed E-state index contributed by atoms with van der Waals surface area (Å²) in [5.41, 5.74) is 6.98. The number of rotatable bonds is 6. The number of benzene rings is 1. The van der Waals surface area contributed by atoms with E-state index in [0.717, 1.165) is 24.3 Å². The summed E-state index contributed by atoms with van der Waals surface area (Å²) in [4.78, 5) is 2.24. The fraction of sp³-hybridized carbons (Fsp3) is 0.500. The third-order valence-electron chi connectivity index (χ3n) is 3.22. The molecule has 0 aliphatic heterocycles. The summed E-state index contributed by atoms with van der Waals surface area (Å²) in [6.45, 7) is 3.22. The largest absolute Gasteiger partial charge is 0.320 e. The summed E-state index contributed by atoms with van der Waals surface area (Å²) >= 11 is 1.85. The van der Waals surface area contributed by atoms with E-state index >= 15 is 0 Å². The van der Waals surface area contributed by atoms with Gasteiger partial charge in [0.05, 0.1) is 6.54 Å². The second kappa shape index (κ2) is 9.02. The van der Waals surface area contributed by atoms with Crippen molar-refractivity contribution in [1.82, 2.24) is 4.90 Å². The van der Waals surface area contributed by atoms with Crippen LogP contribution in [0.1, 0.15) is 24.5 Å². The van der Waals surface area contributed by atoms with Gasteiger partial charge in [-0.2, -0.15) is 11.8 Å². The molecule has 2 N–H and O–H groups in total. The number of hydrogen-bond acceptors (Lipinski definition) is 3. The molecule has 1 rings (SSSR count). The van der Waals surface area contributed by atoms with Crippen molar-refractivity contribution in [3.05, 3.63) is 35.1 Å². The number of nitrogens with zero attached hydrogens (tertiary/aromatic N) is 1. The van der Waals surface area contributed by atoms with Gasteiger partial charge in [0.1, 0.15) is 5.82 Å². The minimum absolute atomic E-state index is 0.242. The maximum absolute atomic E-state index is 13.6. The molecule has 0 bridgehead atoms. The Balaban J connectivity index is 2.73. The van der Waals surface area contributed by atoms with E-state index in [1.165, 1.54) is 6.07 Å². The van der Waals surface area contributed by atoms with Gasteiger partial charge in [-0.05, 0) is 56.2 Å². The smallest absolute Gasteiger partial charge is 0.124 e. The molecule has 0 saturated heterocycles. The Bertz CT molecular complexity index is 479. The molecule has 0 saturated carbocycles. The molecule has 0 aromatic heterocycles. The van der Waals surface area contributed by atoms with Crippen molar-refractivity contribution in [3.63, 3.8) is 0 Å². The SMILES string of the molecule is CSCCC(C)N(C)Cc1cc(F)cc(C#CCN)c1. The first-order valence-electron chi connectivity index (χ1n) is 6.74. The van der Waals surface area contributed by atoms with Crippen LogP contribution in [-0.4, -0.2) is 36.5 Å². The van der Waals surface area contributed by atoms with E-state index in [-0.39, 0.29) is 12.4 Å². The Labute approximate surface area is 125 Å². The molecule has 0 aliphatic rings. The number of thioether (sulfide) groups is 1. The van der Waals surface area contributed by atoms with E-state index < -0.39 is 0 Å². The Morgan fingerprint density at radius 2 is 2.15 bits per heavy atom. The van der Waals surface area contributed by atoms with Crippen LogP contribution in [0.3, 0.4) is 0 Å². The van der Waals surface area contributed by atoms with Gasteiger partial charge < -0.3 is 5.73 Å². The molecule has 1 atom stereocenters. The molecule has 0 fully saturated rings. The Morgan fingerprint density at radius 1 is 1.40 bits per heavy atom. The highest BCUT2D eigenvalue weighted by atomic mass is 32.2. The van der Waals surface area contributed by atoms with Gasteiger partial charge in [0.25, 0.3) is 0 Å². The van der Waals surface area contributed by atoms with Crippen molar-refractivity contribution in [3.8, 4) is 11.8 Å². The standard InChI is InChI=1S/C16H23FN2S/c1-13(6-8-20-3)19(2)12-15-9-14(5-4-7-18)10-16(17)11-15/h9-11,13H,6-8,12,18H2,1-3H3. The minimum atomic E-state index is -0.242. The lowest BCUT2D eigenvalue weighted by Crippen LogP contribution is -2.29. The lowest BCUT2D eigenvalue weighted by molar-refractivity contribution is 0.245. The van der Waals surface area contributed by atoms with Crippen molar-refractivity contribution in [2.75, 3.05) is 25.6 Å². The number of hydrogen-bond donors (Lipinski definition) is 1. The molecule has 1 aromatic rings. The third kappa shape index (κ3) is 5.96. The summed E-state index contributed by atoms with van der Waals surface area (Å²) in [7, 11) is 2.07. The monoisotopic (exact) mass is 294 g/mol.